The minimum absolute atomic E-state index is 0.423. The summed E-state index contributed by atoms with van der Waals surface area (Å²) in [5, 5.41) is 3.35. The fraction of sp³-hybridized carbons (Fsp3) is 0.571. The van der Waals surface area contributed by atoms with Crippen molar-refractivity contribution in [3.63, 3.8) is 0 Å². The van der Waals surface area contributed by atoms with Crippen LogP contribution in [0.2, 0.25) is 0 Å². The quantitative estimate of drug-likeness (QED) is 0.888. The predicted molar refractivity (Wildman–Crippen MR) is 68.3 cm³/mol. The molecule has 1 unspecified atom stereocenters. The van der Waals surface area contributed by atoms with Crippen LogP contribution in [0, 0.1) is 11.6 Å². The molecule has 1 atom stereocenters. The second kappa shape index (κ2) is 6.25. The Bertz CT molecular complexity index is 393. The number of piperazine rings is 1. The number of hydrogen-bond acceptors (Lipinski definition) is 2. The van der Waals surface area contributed by atoms with Crippen LogP contribution >= 0.6 is 0 Å². The lowest BCUT2D eigenvalue weighted by Gasteiger charge is -2.36. The molecule has 0 bridgehead atoms. The highest BCUT2D eigenvalue weighted by Crippen LogP contribution is 2.17. The van der Waals surface area contributed by atoms with E-state index in [1.54, 1.807) is 12.1 Å². The van der Waals surface area contributed by atoms with Gasteiger partial charge in [-0.1, -0.05) is 25.5 Å². The summed E-state index contributed by atoms with van der Waals surface area (Å²) in [5.41, 5.74) is 0.456. The Kier molecular flexibility index (Phi) is 4.66. The van der Waals surface area contributed by atoms with Crippen LogP contribution < -0.4 is 5.32 Å². The lowest BCUT2D eigenvalue weighted by Crippen LogP contribution is -2.50. The van der Waals surface area contributed by atoms with Gasteiger partial charge in [0.05, 0.1) is 0 Å². The van der Waals surface area contributed by atoms with Gasteiger partial charge in [0, 0.05) is 37.8 Å². The first-order chi connectivity index (χ1) is 8.72. The van der Waals surface area contributed by atoms with Gasteiger partial charge in [-0.05, 0) is 12.5 Å². The maximum Gasteiger partial charge on any atom is 0.163 e. The summed E-state index contributed by atoms with van der Waals surface area (Å²) in [6.45, 7) is 5.38. The Morgan fingerprint density at radius 1 is 1.39 bits per heavy atom. The molecule has 1 aromatic rings. The number of rotatable bonds is 4. The minimum atomic E-state index is -0.755. The summed E-state index contributed by atoms with van der Waals surface area (Å²) in [6.07, 6.45) is 2.19. The average Bonchev–Trinajstić information content (AvgIpc) is 2.37. The first-order valence-corrected chi connectivity index (χ1v) is 6.60. The van der Waals surface area contributed by atoms with Crippen molar-refractivity contribution in [1.29, 1.82) is 0 Å². The molecule has 18 heavy (non-hydrogen) atoms. The van der Waals surface area contributed by atoms with E-state index >= 15 is 0 Å². The fourth-order valence-corrected chi connectivity index (χ4v) is 2.52. The Hall–Kier alpha value is -1.00. The Balaban J connectivity index is 2.08. The molecule has 4 heteroatoms. The zero-order chi connectivity index (χ0) is 13.0. The number of nitrogens with zero attached hydrogens (tertiary/aromatic N) is 1. The van der Waals surface area contributed by atoms with Gasteiger partial charge in [0.15, 0.2) is 11.6 Å². The zero-order valence-electron chi connectivity index (χ0n) is 10.8. The molecule has 1 aromatic carbocycles. The summed E-state index contributed by atoms with van der Waals surface area (Å²) in [7, 11) is 0. The van der Waals surface area contributed by atoms with Gasteiger partial charge < -0.3 is 5.32 Å². The maximum atomic E-state index is 13.7. The van der Waals surface area contributed by atoms with Crippen molar-refractivity contribution in [3.05, 3.63) is 35.4 Å². The third-order valence-corrected chi connectivity index (χ3v) is 3.50. The molecule has 1 heterocycles. The van der Waals surface area contributed by atoms with Gasteiger partial charge in [-0.2, -0.15) is 0 Å². The molecule has 1 saturated heterocycles. The third-order valence-electron chi connectivity index (χ3n) is 3.50. The third kappa shape index (κ3) is 3.06. The molecular weight excluding hydrogens is 234 g/mol. The molecule has 0 spiro atoms. The molecule has 2 nitrogen and oxygen atoms in total. The van der Waals surface area contributed by atoms with E-state index in [-0.39, 0.29) is 0 Å². The van der Waals surface area contributed by atoms with Crippen molar-refractivity contribution in [2.75, 3.05) is 19.6 Å². The number of hydrogen-bond donors (Lipinski definition) is 1. The zero-order valence-corrected chi connectivity index (χ0v) is 10.8. The average molecular weight is 254 g/mol. The van der Waals surface area contributed by atoms with E-state index in [0.717, 1.165) is 32.5 Å². The van der Waals surface area contributed by atoms with E-state index in [2.05, 4.69) is 17.1 Å². The Morgan fingerprint density at radius 2 is 2.22 bits per heavy atom. The molecule has 2 rings (SSSR count). The van der Waals surface area contributed by atoms with Crippen LogP contribution in [-0.4, -0.2) is 30.6 Å². The van der Waals surface area contributed by atoms with Crippen LogP contribution in [-0.2, 0) is 6.54 Å². The fourth-order valence-electron chi connectivity index (χ4n) is 2.52. The summed E-state index contributed by atoms with van der Waals surface area (Å²) in [4.78, 5) is 2.25. The van der Waals surface area contributed by atoms with Gasteiger partial charge >= 0.3 is 0 Å². The van der Waals surface area contributed by atoms with E-state index in [4.69, 9.17) is 0 Å². The van der Waals surface area contributed by atoms with Gasteiger partial charge in [0.1, 0.15) is 0 Å². The van der Waals surface area contributed by atoms with Gasteiger partial charge in [-0.3, -0.25) is 4.90 Å². The van der Waals surface area contributed by atoms with Crippen LogP contribution in [0.1, 0.15) is 25.3 Å². The predicted octanol–water partition coefficient (Wildman–Crippen LogP) is 2.54. The molecule has 1 N–H and O–H groups in total. The van der Waals surface area contributed by atoms with Crippen molar-refractivity contribution in [2.45, 2.75) is 32.4 Å². The normalized spacial score (nSPS) is 21.2. The molecule has 1 aliphatic rings. The molecule has 0 aromatic heterocycles. The standard InChI is InChI=1S/C14H20F2N2/c1-2-4-12-9-17-7-8-18(12)10-11-5-3-6-13(15)14(11)16/h3,5-6,12,17H,2,4,7-10H2,1H3. The molecule has 1 aliphatic heterocycles. The van der Waals surface area contributed by atoms with Crippen LogP contribution in [0.15, 0.2) is 18.2 Å². The molecule has 100 valence electrons. The van der Waals surface area contributed by atoms with Crippen molar-refractivity contribution >= 4 is 0 Å². The van der Waals surface area contributed by atoms with Crippen LogP contribution in [0.25, 0.3) is 0 Å². The highest BCUT2D eigenvalue weighted by Gasteiger charge is 2.22. The molecule has 0 saturated carbocycles. The lowest BCUT2D eigenvalue weighted by atomic mass is 10.1. The second-order valence-corrected chi connectivity index (χ2v) is 4.83. The molecule has 1 fully saturated rings. The van der Waals surface area contributed by atoms with Gasteiger partial charge in [-0.15, -0.1) is 0 Å². The first kappa shape index (κ1) is 13.4. The highest BCUT2D eigenvalue weighted by molar-refractivity contribution is 5.19. The number of halogens is 2. The Morgan fingerprint density at radius 3 is 3.00 bits per heavy atom. The largest absolute Gasteiger partial charge is 0.314 e. The van der Waals surface area contributed by atoms with Gasteiger partial charge in [0.25, 0.3) is 0 Å². The van der Waals surface area contributed by atoms with Crippen molar-refractivity contribution in [1.82, 2.24) is 10.2 Å². The summed E-state index contributed by atoms with van der Waals surface area (Å²) in [6, 6.07) is 4.83. The monoisotopic (exact) mass is 254 g/mol. The molecular formula is C14H20F2N2. The first-order valence-electron chi connectivity index (χ1n) is 6.60. The molecule has 0 aliphatic carbocycles. The summed E-state index contributed by atoms with van der Waals surface area (Å²) in [5.74, 6) is -1.46. The summed E-state index contributed by atoms with van der Waals surface area (Å²) >= 11 is 0. The van der Waals surface area contributed by atoms with Crippen LogP contribution in [0.3, 0.4) is 0 Å². The second-order valence-electron chi connectivity index (χ2n) is 4.83. The number of benzene rings is 1. The lowest BCUT2D eigenvalue weighted by molar-refractivity contribution is 0.142. The van der Waals surface area contributed by atoms with E-state index in [1.807, 2.05) is 0 Å². The van der Waals surface area contributed by atoms with Crippen LogP contribution in [0.5, 0.6) is 0 Å². The SMILES string of the molecule is CCCC1CNCCN1Cc1cccc(F)c1F. The topological polar surface area (TPSA) is 15.3 Å². The Labute approximate surface area is 107 Å². The van der Waals surface area contributed by atoms with Gasteiger partial charge in [-0.25, -0.2) is 8.78 Å². The molecule has 0 amide bonds. The highest BCUT2D eigenvalue weighted by atomic mass is 19.2. The van der Waals surface area contributed by atoms with E-state index in [1.165, 1.54) is 6.07 Å². The van der Waals surface area contributed by atoms with Crippen molar-refractivity contribution < 1.29 is 8.78 Å². The maximum absolute atomic E-state index is 13.7. The van der Waals surface area contributed by atoms with E-state index in [0.29, 0.717) is 18.2 Å². The molecule has 0 radical (unpaired) electrons. The van der Waals surface area contributed by atoms with E-state index in [9.17, 15) is 8.78 Å². The van der Waals surface area contributed by atoms with Crippen molar-refractivity contribution in [3.8, 4) is 0 Å². The van der Waals surface area contributed by atoms with Crippen LogP contribution in [0.4, 0.5) is 8.78 Å². The smallest absolute Gasteiger partial charge is 0.163 e. The summed E-state index contributed by atoms with van der Waals surface area (Å²) < 4.78 is 26.8. The van der Waals surface area contributed by atoms with Gasteiger partial charge in [0.2, 0.25) is 0 Å². The minimum Gasteiger partial charge on any atom is -0.314 e. The number of nitrogens with one attached hydrogen (secondary N) is 1. The van der Waals surface area contributed by atoms with Crippen molar-refractivity contribution in [2.24, 2.45) is 0 Å². The van der Waals surface area contributed by atoms with E-state index < -0.39 is 11.6 Å².